The van der Waals surface area contributed by atoms with E-state index in [4.69, 9.17) is 5.14 Å². The van der Waals surface area contributed by atoms with E-state index >= 15 is 0 Å². The van der Waals surface area contributed by atoms with Gasteiger partial charge in [-0.15, -0.1) is 0 Å². The van der Waals surface area contributed by atoms with Crippen molar-refractivity contribution in [3.8, 4) is 0 Å². The van der Waals surface area contributed by atoms with Crippen LogP contribution in [-0.4, -0.2) is 29.2 Å². The van der Waals surface area contributed by atoms with Crippen molar-refractivity contribution in [2.75, 3.05) is 5.75 Å². The zero-order valence-electron chi connectivity index (χ0n) is 7.58. The highest BCUT2D eigenvalue weighted by Crippen LogP contribution is 2.08. The number of sulfonamides is 1. The van der Waals surface area contributed by atoms with Crippen molar-refractivity contribution in [2.24, 2.45) is 5.14 Å². The minimum Gasteiger partial charge on any atom is -0.384 e. The minimum atomic E-state index is -3.71. The van der Waals surface area contributed by atoms with Crippen LogP contribution in [0.25, 0.3) is 0 Å². The number of aliphatic hydroxyl groups is 1. The highest BCUT2D eigenvalue weighted by Gasteiger charge is 2.16. The Morgan fingerprint density at radius 2 is 2.00 bits per heavy atom. The van der Waals surface area contributed by atoms with Crippen molar-refractivity contribution < 1.29 is 13.5 Å². The Balaban J connectivity index is 2.80. The normalized spacial score (nSPS) is 13.9. The highest BCUT2D eigenvalue weighted by molar-refractivity contribution is 7.89. The topological polar surface area (TPSA) is 106 Å². The summed E-state index contributed by atoms with van der Waals surface area (Å²) < 4.78 is 21.3. The smallest absolute Gasteiger partial charge is 0.212 e. The first kappa shape index (κ1) is 11.0. The number of primary sulfonamides is 1. The third-order valence-electron chi connectivity index (χ3n) is 1.49. The van der Waals surface area contributed by atoms with Gasteiger partial charge < -0.3 is 5.11 Å². The number of aliphatic hydroxyl groups excluding tert-OH is 1. The second-order valence-electron chi connectivity index (χ2n) is 2.96. The standard InChI is InChI=1S/C7H11N3O3S/c1-5-2-9-7(10-3-5)6(11)4-14(8,12)13/h2-3,6,11H,4H2,1H3,(H2,8,12,13). The Bertz CT molecular complexity index is 401. The van der Waals surface area contributed by atoms with Gasteiger partial charge in [0, 0.05) is 12.4 Å². The fraction of sp³-hybridized carbons (Fsp3) is 0.429. The molecule has 0 aliphatic carbocycles. The fourth-order valence-electron chi connectivity index (χ4n) is 0.869. The van der Waals surface area contributed by atoms with Crippen molar-refractivity contribution in [1.82, 2.24) is 9.97 Å². The third-order valence-corrected chi connectivity index (χ3v) is 2.27. The van der Waals surface area contributed by atoms with E-state index < -0.39 is 21.9 Å². The lowest BCUT2D eigenvalue weighted by molar-refractivity contribution is 0.191. The summed E-state index contributed by atoms with van der Waals surface area (Å²) in [6, 6.07) is 0. The van der Waals surface area contributed by atoms with E-state index in [9.17, 15) is 13.5 Å². The Labute approximate surface area is 81.9 Å². The van der Waals surface area contributed by atoms with Gasteiger partial charge in [-0.25, -0.2) is 23.5 Å². The van der Waals surface area contributed by atoms with Crippen LogP contribution in [-0.2, 0) is 10.0 Å². The average molecular weight is 217 g/mol. The van der Waals surface area contributed by atoms with Gasteiger partial charge in [-0.05, 0) is 12.5 Å². The van der Waals surface area contributed by atoms with E-state index in [1.807, 2.05) is 0 Å². The van der Waals surface area contributed by atoms with Gasteiger partial charge in [0.2, 0.25) is 10.0 Å². The van der Waals surface area contributed by atoms with Crippen LogP contribution < -0.4 is 5.14 Å². The molecular formula is C7H11N3O3S. The number of aryl methyl sites for hydroxylation is 1. The minimum absolute atomic E-state index is 0.0598. The molecule has 1 atom stereocenters. The molecule has 14 heavy (non-hydrogen) atoms. The summed E-state index contributed by atoms with van der Waals surface area (Å²) in [5, 5.41) is 14.1. The number of rotatable bonds is 3. The Kier molecular flexibility index (Phi) is 3.14. The SMILES string of the molecule is Cc1cnc(C(O)CS(N)(=O)=O)nc1. The van der Waals surface area contributed by atoms with E-state index in [0.717, 1.165) is 5.56 Å². The molecule has 0 spiro atoms. The lowest BCUT2D eigenvalue weighted by Gasteiger charge is -2.06. The lowest BCUT2D eigenvalue weighted by atomic mass is 10.3. The third kappa shape index (κ3) is 3.36. The number of hydrogen-bond donors (Lipinski definition) is 2. The van der Waals surface area contributed by atoms with Crippen molar-refractivity contribution in [3.63, 3.8) is 0 Å². The molecule has 0 aromatic carbocycles. The summed E-state index contributed by atoms with van der Waals surface area (Å²) in [5.41, 5.74) is 0.830. The largest absolute Gasteiger partial charge is 0.384 e. The first-order valence-electron chi connectivity index (χ1n) is 3.85. The molecule has 0 saturated heterocycles. The van der Waals surface area contributed by atoms with E-state index in [1.165, 1.54) is 12.4 Å². The number of nitrogens with zero attached hydrogens (tertiary/aromatic N) is 2. The summed E-state index contributed by atoms with van der Waals surface area (Å²) in [6.45, 7) is 1.79. The molecule has 1 aromatic rings. The molecule has 7 heteroatoms. The van der Waals surface area contributed by atoms with Crippen LogP contribution >= 0.6 is 0 Å². The molecule has 1 heterocycles. The molecule has 0 bridgehead atoms. The molecule has 0 amide bonds. The van der Waals surface area contributed by atoms with Crippen LogP contribution in [0.1, 0.15) is 17.5 Å². The average Bonchev–Trinajstić information content (AvgIpc) is 2.02. The first-order valence-corrected chi connectivity index (χ1v) is 5.57. The van der Waals surface area contributed by atoms with Crippen molar-refractivity contribution in [1.29, 1.82) is 0 Å². The lowest BCUT2D eigenvalue weighted by Crippen LogP contribution is -2.22. The maximum absolute atomic E-state index is 10.6. The second-order valence-corrected chi connectivity index (χ2v) is 4.62. The van der Waals surface area contributed by atoms with E-state index in [1.54, 1.807) is 6.92 Å². The Hall–Kier alpha value is -1.05. The zero-order valence-corrected chi connectivity index (χ0v) is 8.40. The van der Waals surface area contributed by atoms with Crippen LogP contribution in [0, 0.1) is 6.92 Å². The van der Waals surface area contributed by atoms with Gasteiger partial charge in [0.15, 0.2) is 5.82 Å². The maximum atomic E-state index is 10.6. The molecule has 0 aliphatic heterocycles. The quantitative estimate of drug-likeness (QED) is 0.683. The summed E-state index contributed by atoms with van der Waals surface area (Å²) in [7, 11) is -3.71. The molecule has 3 N–H and O–H groups in total. The van der Waals surface area contributed by atoms with Gasteiger partial charge in [0.25, 0.3) is 0 Å². The van der Waals surface area contributed by atoms with E-state index in [-0.39, 0.29) is 5.82 Å². The summed E-state index contributed by atoms with van der Waals surface area (Å²) >= 11 is 0. The van der Waals surface area contributed by atoms with Crippen molar-refractivity contribution in [3.05, 3.63) is 23.8 Å². The molecule has 0 saturated carbocycles. The van der Waals surface area contributed by atoms with Crippen LogP contribution in [0.5, 0.6) is 0 Å². The summed E-state index contributed by atoms with van der Waals surface area (Å²) in [5.74, 6) is -0.514. The van der Waals surface area contributed by atoms with Crippen LogP contribution in [0.3, 0.4) is 0 Å². The highest BCUT2D eigenvalue weighted by atomic mass is 32.2. The Morgan fingerprint density at radius 1 is 1.50 bits per heavy atom. The van der Waals surface area contributed by atoms with E-state index in [0.29, 0.717) is 0 Å². The molecule has 1 aromatic heterocycles. The monoisotopic (exact) mass is 217 g/mol. The van der Waals surface area contributed by atoms with E-state index in [2.05, 4.69) is 9.97 Å². The molecule has 1 rings (SSSR count). The summed E-state index contributed by atoms with van der Waals surface area (Å²) in [6.07, 6.45) is 1.72. The van der Waals surface area contributed by atoms with Crippen LogP contribution in [0.15, 0.2) is 12.4 Å². The number of nitrogens with two attached hydrogens (primary N) is 1. The molecule has 0 fully saturated rings. The molecule has 6 nitrogen and oxygen atoms in total. The Morgan fingerprint density at radius 3 is 2.43 bits per heavy atom. The molecule has 0 radical (unpaired) electrons. The zero-order chi connectivity index (χ0) is 10.8. The van der Waals surface area contributed by atoms with Crippen molar-refractivity contribution in [2.45, 2.75) is 13.0 Å². The molecule has 1 unspecified atom stereocenters. The van der Waals surface area contributed by atoms with Gasteiger partial charge >= 0.3 is 0 Å². The van der Waals surface area contributed by atoms with Gasteiger partial charge in [0.05, 0.1) is 5.75 Å². The molecule has 0 aliphatic rings. The molecular weight excluding hydrogens is 206 g/mol. The number of aromatic nitrogens is 2. The van der Waals surface area contributed by atoms with Gasteiger partial charge in [-0.2, -0.15) is 0 Å². The van der Waals surface area contributed by atoms with Gasteiger partial charge in [-0.1, -0.05) is 0 Å². The number of hydrogen-bond acceptors (Lipinski definition) is 5. The molecule has 78 valence electrons. The van der Waals surface area contributed by atoms with Gasteiger partial charge in [-0.3, -0.25) is 0 Å². The second kappa shape index (κ2) is 3.99. The predicted molar refractivity (Wildman–Crippen MR) is 49.7 cm³/mol. The maximum Gasteiger partial charge on any atom is 0.212 e. The van der Waals surface area contributed by atoms with Crippen LogP contribution in [0.4, 0.5) is 0 Å². The van der Waals surface area contributed by atoms with Gasteiger partial charge in [0.1, 0.15) is 6.10 Å². The van der Waals surface area contributed by atoms with Crippen LogP contribution in [0.2, 0.25) is 0 Å². The van der Waals surface area contributed by atoms with Crippen molar-refractivity contribution >= 4 is 10.0 Å². The summed E-state index contributed by atoms with van der Waals surface area (Å²) in [4.78, 5) is 7.56. The fourth-order valence-corrected chi connectivity index (χ4v) is 1.46. The predicted octanol–water partition coefficient (Wildman–Crippen LogP) is -0.893. The first-order chi connectivity index (χ1) is 6.38.